The molecule has 2 heterocycles. The maximum absolute atomic E-state index is 12.4. The molecule has 5 nitrogen and oxygen atoms in total. The highest BCUT2D eigenvalue weighted by Crippen LogP contribution is 2.24. The van der Waals surface area contributed by atoms with Crippen LogP contribution in [0.5, 0.6) is 0 Å². The zero-order chi connectivity index (χ0) is 19.5. The van der Waals surface area contributed by atoms with Crippen molar-refractivity contribution in [2.45, 2.75) is 20.3 Å². The van der Waals surface area contributed by atoms with Crippen molar-refractivity contribution in [3.8, 4) is 0 Å². The Morgan fingerprint density at radius 2 is 1.79 bits per heavy atom. The average molecular weight is 370 g/mol. The molecule has 0 fully saturated rings. The van der Waals surface area contributed by atoms with Gasteiger partial charge >= 0.3 is 0 Å². The Morgan fingerprint density at radius 3 is 2.54 bits per heavy atom. The van der Waals surface area contributed by atoms with Gasteiger partial charge in [-0.1, -0.05) is 36.4 Å². The van der Waals surface area contributed by atoms with Gasteiger partial charge in [0.25, 0.3) is 0 Å². The normalized spacial score (nSPS) is 10.8. The smallest absolute Gasteiger partial charge is 0.230 e. The average Bonchev–Trinajstić information content (AvgIpc) is 3.09. The minimum Gasteiger partial charge on any atom is -0.361 e. The van der Waals surface area contributed by atoms with E-state index in [0.29, 0.717) is 12.2 Å². The summed E-state index contributed by atoms with van der Waals surface area (Å²) < 4.78 is 0. The number of pyridine rings is 1. The first-order valence-electron chi connectivity index (χ1n) is 9.24. The number of aromatic nitrogens is 2. The van der Waals surface area contributed by atoms with Crippen molar-refractivity contribution in [1.82, 2.24) is 9.97 Å². The fraction of sp³-hybridized carbons (Fsp3) is 0.130. The van der Waals surface area contributed by atoms with Crippen LogP contribution in [-0.4, -0.2) is 15.9 Å². The monoisotopic (exact) mass is 370 g/mol. The molecule has 2 aromatic heterocycles. The number of hydrogen-bond acceptors (Lipinski definition) is 3. The van der Waals surface area contributed by atoms with Crippen LogP contribution in [0.4, 0.5) is 17.2 Å². The number of nitrogens with zero attached hydrogens (tertiary/aromatic N) is 1. The summed E-state index contributed by atoms with van der Waals surface area (Å²) in [5.74, 6) is 0.449. The van der Waals surface area contributed by atoms with E-state index in [-0.39, 0.29) is 5.91 Å². The lowest BCUT2D eigenvalue weighted by Crippen LogP contribution is -2.15. The third-order valence-corrected chi connectivity index (χ3v) is 4.81. The summed E-state index contributed by atoms with van der Waals surface area (Å²) in [6, 6.07) is 17.9. The van der Waals surface area contributed by atoms with Crippen LogP contribution in [0.1, 0.15) is 16.7 Å². The zero-order valence-corrected chi connectivity index (χ0v) is 15.9. The Kier molecular flexibility index (Phi) is 4.81. The molecule has 0 aliphatic rings. The molecule has 3 N–H and O–H groups in total. The summed E-state index contributed by atoms with van der Waals surface area (Å²) in [7, 11) is 0. The van der Waals surface area contributed by atoms with Crippen LogP contribution in [0, 0.1) is 13.8 Å². The molecule has 0 unspecified atom stereocenters. The quantitative estimate of drug-likeness (QED) is 0.457. The van der Waals surface area contributed by atoms with Crippen molar-refractivity contribution in [2.24, 2.45) is 0 Å². The van der Waals surface area contributed by atoms with Gasteiger partial charge in [-0.05, 0) is 48.7 Å². The van der Waals surface area contributed by atoms with Gasteiger partial charge in [0.05, 0.1) is 18.3 Å². The number of rotatable bonds is 5. The van der Waals surface area contributed by atoms with Crippen molar-refractivity contribution < 1.29 is 4.79 Å². The van der Waals surface area contributed by atoms with Gasteiger partial charge in [0.1, 0.15) is 5.82 Å². The van der Waals surface area contributed by atoms with Crippen LogP contribution in [0.2, 0.25) is 0 Å². The fourth-order valence-electron chi connectivity index (χ4n) is 3.34. The first kappa shape index (κ1) is 17.8. The third-order valence-electron chi connectivity index (χ3n) is 4.81. The second-order valence-electron chi connectivity index (χ2n) is 6.91. The number of para-hydroxylation sites is 2. The summed E-state index contributed by atoms with van der Waals surface area (Å²) in [4.78, 5) is 20.0. The number of H-pyrrole nitrogens is 1. The molecule has 28 heavy (non-hydrogen) atoms. The zero-order valence-electron chi connectivity index (χ0n) is 15.9. The van der Waals surface area contributed by atoms with Crippen LogP contribution in [0.3, 0.4) is 0 Å². The van der Waals surface area contributed by atoms with E-state index in [1.165, 1.54) is 11.1 Å². The molecule has 0 aliphatic carbocycles. The van der Waals surface area contributed by atoms with E-state index in [1.807, 2.05) is 48.7 Å². The van der Waals surface area contributed by atoms with Crippen LogP contribution in [0.15, 0.2) is 67.0 Å². The molecule has 4 rings (SSSR count). The Labute approximate surface area is 163 Å². The molecule has 140 valence electrons. The van der Waals surface area contributed by atoms with E-state index < -0.39 is 0 Å². The van der Waals surface area contributed by atoms with Crippen molar-refractivity contribution in [1.29, 1.82) is 0 Å². The predicted octanol–water partition coefficient (Wildman–Crippen LogP) is 5.10. The number of amides is 1. The van der Waals surface area contributed by atoms with Gasteiger partial charge in [-0.2, -0.15) is 0 Å². The molecule has 0 atom stereocenters. The highest BCUT2D eigenvalue weighted by Gasteiger charge is 2.10. The molecule has 0 radical (unpaired) electrons. The molecule has 0 saturated heterocycles. The van der Waals surface area contributed by atoms with Gasteiger partial charge in [-0.3, -0.25) is 4.79 Å². The summed E-state index contributed by atoms with van der Waals surface area (Å²) in [5.41, 5.74) is 6.33. The largest absolute Gasteiger partial charge is 0.361 e. The number of hydrogen-bond donors (Lipinski definition) is 3. The molecule has 0 saturated carbocycles. The van der Waals surface area contributed by atoms with Crippen molar-refractivity contribution in [3.05, 3.63) is 83.7 Å². The summed E-state index contributed by atoms with van der Waals surface area (Å²) in [5, 5.41) is 7.33. The Morgan fingerprint density at radius 1 is 1.00 bits per heavy atom. The minimum atomic E-state index is -0.0901. The second-order valence-corrected chi connectivity index (χ2v) is 6.91. The van der Waals surface area contributed by atoms with Crippen LogP contribution in [0.25, 0.3) is 10.9 Å². The van der Waals surface area contributed by atoms with Gasteiger partial charge in [0.15, 0.2) is 0 Å². The Hall–Kier alpha value is -3.60. The number of aromatic amines is 1. The van der Waals surface area contributed by atoms with E-state index in [4.69, 9.17) is 0 Å². The number of benzene rings is 2. The number of aryl methyl sites for hydroxylation is 2. The number of anilines is 3. The molecule has 2 aromatic carbocycles. The molecular weight excluding hydrogens is 348 g/mol. The lowest BCUT2D eigenvalue weighted by atomic mass is 10.1. The molecule has 0 aliphatic heterocycles. The van der Waals surface area contributed by atoms with E-state index in [0.717, 1.165) is 27.8 Å². The number of fused-ring (bicyclic) bond motifs is 1. The molecule has 0 bridgehead atoms. The maximum Gasteiger partial charge on any atom is 0.230 e. The number of carbonyl (C=O) groups is 1. The lowest BCUT2D eigenvalue weighted by Gasteiger charge is -2.12. The van der Waals surface area contributed by atoms with Gasteiger partial charge < -0.3 is 15.6 Å². The summed E-state index contributed by atoms with van der Waals surface area (Å²) in [6.07, 6.45) is 3.91. The van der Waals surface area contributed by atoms with E-state index in [2.05, 4.69) is 46.6 Å². The summed E-state index contributed by atoms with van der Waals surface area (Å²) >= 11 is 0. The topological polar surface area (TPSA) is 69.8 Å². The van der Waals surface area contributed by atoms with E-state index >= 15 is 0 Å². The fourth-order valence-corrected chi connectivity index (χ4v) is 3.34. The Bertz CT molecular complexity index is 1110. The van der Waals surface area contributed by atoms with Gasteiger partial charge in [-0.15, -0.1) is 0 Å². The van der Waals surface area contributed by atoms with Gasteiger partial charge in [0.2, 0.25) is 5.91 Å². The van der Waals surface area contributed by atoms with Crippen LogP contribution >= 0.6 is 0 Å². The van der Waals surface area contributed by atoms with E-state index in [1.54, 1.807) is 6.20 Å². The van der Waals surface area contributed by atoms with Crippen LogP contribution in [-0.2, 0) is 11.2 Å². The Balaban J connectivity index is 1.42. The summed E-state index contributed by atoms with van der Waals surface area (Å²) in [6.45, 7) is 4.14. The standard InChI is InChI=1S/C23H22N4O/c1-15-6-5-7-16(2)23(15)26-18-10-11-21(25-14-18)27-22(28)12-17-13-24-20-9-4-3-8-19(17)20/h3-11,13-14,24,26H,12H2,1-2H3,(H,25,27,28). The predicted molar refractivity (Wildman–Crippen MR) is 114 cm³/mol. The highest BCUT2D eigenvalue weighted by atomic mass is 16.1. The van der Waals surface area contributed by atoms with Crippen molar-refractivity contribution in [3.63, 3.8) is 0 Å². The van der Waals surface area contributed by atoms with E-state index in [9.17, 15) is 4.79 Å². The molecule has 1 amide bonds. The first-order chi connectivity index (χ1) is 13.6. The molecule has 5 heteroatoms. The SMILES string of the molecule is Cc1cccc(C)c1Nc1ccc(NC(=O)Cc2c[nH]c3ccccc23)nc1. The minimum absolute atomic E-state index is 0.0901. The molecule has 0 spiro atoms. The lowest BCUT2D eigenvalue weighted by molar-refractivity contribution is -0.115. The van der Waals surface area contributed by atoms with Crippen molar-refractivity contribution in [2.75, 3.05) is 10.6 Å². The van der Waals surface area contributed by atoms with Gasteiger partial charge in [-0.25, -0.2) is 4.98 Å². The maximum atomic E-state index is 12.4. The molecule has 4 aromatic rings. The number of carbonyl (C=O) groups excluding carboxylic acids is 1. The van der Waals surface area contributed by atoms with Crippen molar-refractivity contribution >= 4 is 34.0 Å². The highest BCUT2D eigenvalue weighted by molar-refractivity contribution is 5.95. The van der Waals surface area contributed by atoms with Crippen LogP contribution < -0.4 is 10.6 Å². The third kappa shape index (κ3) is 3.74. The first-order valence-corrected chi connectivity index (χ1v) is 9.24. The second kappa shape index (κ2) is 7.56. The van der Waals surface area contributed by atoms with Gasteiger partial charge in [0, 0.05) is 22.8 Å². The number of nitrogens with one attached hydrogen (secondary N) is 3. The molecular formula is C23H22N4O.